The first kappa shape index (κ1) is 18.0. The average Bonchev–Trinajstić information content (AvgIpc) is 3.08. The highest BCUT2D eigenvalue weighted by atomic mass is 19.2. The Morgan fingerprint density at radius 1 is 1.12 bits per heavy atom. The highest BCUT2D eigenvalue weighted by molar-refractivity contribution is 5.86. The lowest BCUT2D eigenvalue weighted by molar-refractivity contribution is -0.133. The van der Waals surface area contributed by atoms with Gasteiger partial charge in [0, 0.05) is 44.5 Å². The van der Waals surface area contributed by atoms with Crippen molar-refractivity contribution < 1.29 is 23.5 Å². The molecule has 1 aromatic heterocycles. The van der Waals surface area contributed by atoms with E-state index in [1.54, 1.807) is 11.0 Å². The number of carboxylic acids is 1. The molecule has 9 heteroatoms. The number of hydrogen-bond acceptors (Lipinski definition) is 4. The average molecular weight is 364 g/mol. The van der Waals surface area contributed by atoms with Crippen molar-refractivity contribution in [2.24, 2.45) is 0 Å². The number of hydrogen-bond donors (Lipinski definition) is 1. The van der Waals surface area contributed by atoms with Gasteiger partial charge in [0.05, 0.1) is 0 Å². The molecule has 1 saturated heterocycles. The van der Waals surface area contributed by atoms with E-state index in [1.807, 2.05) is 4.90 Å². The fourth-order valence-electron chi connectivity index (χ4n) is 2.94. The molecule has 1 aromatic carbocycles. The summed E-state index contributed by atoms with van der Waals surface area (Å²) in [5.41, 5.74) is 0.242. The molecule has 0 radical (unpaired) electrons. The zero-order valence-corrected chi connectivity index (χ0v) is 13.9. The molecule has 0 atom stereocenters. The number of aromatic nitrogens is 2. The summed E-state index contributed by atoms with van der Waals surface area (Å²) in [4.78, 5) is 27.0. The Hall–Kier alpha value is -2.81. The molecule has 1 aliphatic heterocycles. The van der Waals surface area contributed by atoms with Crippen LogP contribution in [0.15, 0.2) is 30.5 Å². The molecule has 26 heavy (non-hydrogen) atoms. The maximum atomic E-state index is 13.8. The maximum Gasteiger partial charge on any atom is 0.354 e. The molecule has 138 valence electrons. The van der Waals surface area contributed by atoms with Crippen LogP contribution in [0.2, 0.25) is 0 Å². The molecule has 1 fully saturated rings. The van der Waals surface area contributed by atoms with Crippen LogP contribution in [0, 0.1) is 11.6 Å². The van der Waals surface area contributed by atoms with Gasteiger partial charge in [-0.1, -0.05) is 12.1 Å². The smallest absolute Gasteiger partial charge is 0.354 e. The molecule has 2 aromatic rings. The number of benzene rings is 1. The molecule has 1 N–H and O–H groups in total. The first-order valence-electron chi connectivity index (χ1n) is 8.14. The van der Waals surface area contributed by atoms with Crippen LogP contribution in [-0.4, -0.2) is 62.7 Å². The third-order valence-electron chi connectivity index (χ3n) is 4.37. The van der Waals surface area contributed by atoms with Crippen molar-refractivity contribution >= 4 is 11.9 Å². The van der Waals surface area contributed by atoms with Gasteiger partial charge in [-0.2, -0.15) is 5.10 Å². The lowest BCUT2D eigenvalue weighted by Gasteiger charge is -2.34. The molecule has 2 heterocycles. The molecule has 0 aliphatic carbocycles. The van der Waals surface area contributed by atoms with Gasteiger partial charge in [0.2, 0.25) is 5.91 Å². The number of amides is 1. The largest absolute Gasteiger partial charge is 0.477 e. The fraction of sp³-hybridized carbons (Fsp3) is 0.353. The topological polar surface area (TPSA) is 78.7 Å². The molecular weight excluding hydrogens is 346 g/mol. The van der Waals surface area contributed by atoms with Gasteiger partial charge in [0.25, 0.3) is 0 Å². The number of nitrogens with zero attached hydrogens (tertiary/aromatic N) is 4. The van der Waals surface area contributed by atoms with Crippen molar-refractivity contribution in [1.82, 2.24) is 19.6 Å². The summed E-state index contributed by atoms with van der Waals surface area (Å²) in [6.07, 6.45) is 1.34. The fourth-order valence-corrected chi connectivity index (χ4v) is 2.94. The second-order valence-electron chi connectivity index (χ2n) is 6.05. The molecular formula is C17H18F2N4O3. The first-order chi connectivity index (χ1) is 12.5. The zero-order valence-electron chi connectivity index (χ0n) is 13.9. The number of carbonyl (C=O) groups excluding carboxylic acids is 1. The molecule has 0 unspecified atom stereocenters. The van der Waals surface area contributed by atoms with E-state index in [0.717, 1.165) is 10.7 Å². The second kappa shape index (κ2) is 7.61. The molecule has 3 rings (SSSR count). The Bertz CT molecular complexity index is 816. The van der Waals surface area contributed by atoms with Crippen LogP contribution >= 0.6 is 0 Å². The summed E-state index contributed by atoms with van der Waals surface area (Å²) >= 11 is 0. The Kier molecular flexibility index (Phi) is 5.27. The highest BCUT2D eigenvalue weighted by Gasteiger charge is 2.23. The lowest BCUT2D eigenvalue weighted by atomic mass is 10.1. The van der Waals surface area contributed by atoms with E-state index >= 15 is 0 Å². The van der Waals surface area contributed by atoms with Gasteiger partial charge >= 0.3 is 5.97 Å². The monoisotopic (exact) mass is 364 g/mol. The maximum absolute atomic E-state index is 13.8. The van der Waals surface area contributed by atoms with E-state index in [-0.39, 0.29) is 30.3 Å². The zero-order chi connectivity index (χ0) is 18.7. The van der Waals surface area contributed by atoms with Crippen molar-refractivity contribution in [3.8, 4) is 0 Å². The molecule has 0 spiro atoms. The summed E-state index contributed by atoms with van der Waals surface area (Å²) in [7, 11) is 0. The van der Waals surface area contributed by atoms with Crippen molar-refractivity contribution in [3.63, 3.8) is 0 Å². The van der Waals surface area contributed by atoms with Crippen molar-refractivity contribution in [3.05, 3.63) is 53.4 Å². The molecule has 1 aliphatic rings. The van der Waals surface area contributed by atoms with Crippen LogP contribution < -0.4 is 0 Å². The third kappa shape index (κ3) is 3.88. The highest BCUT2D eigenvalue weighted by Crippen LogP contribution is 2.15. The lowest BCUT2D eigenvalue weighted by Crippen LogP contribution is -2.49. The van der Waals surface area contributed by atoms with E-state index < -0.39 is 17.6 Å². The number of halogens is 2. The van der Waals surface area contributed by atoms with Crippen LogP contribution in [0.25, 0.3) is 0 Å². The molecule has 0 saturated carbocycles. The Balaban J connectivity index is 1.55. The van der Waals surface area contributed by atoms with Gasteiger partial charge in [0.1, 0.15) is 12.2 Å². The summed E-state index contributed by atoms with van der Waals surface area (Å²) in [6.45, 7) is 2.03. The number of rotatable bonds is 5. The van der Waals surface area contributed by atoms with Crippen molar-refractivity contribution in [1.29, 1.82) is 0 Å². The van der Waals surface area contributed by atoms with Gasteiger partial charge in [-0.05, 0) is 12.1 Å². The summed E-state index contributed by atoms with van der Waals surface area (Å²) < 4.78 is 28.2. The van der Waals surface area contributed by atoms with Crippen molar-refractivity contribution in [2.75, 3.05) is 26.2 Å². The molecule has 7 nitrogen and oxygen atoms in total. The standard InChI is InChI=1S/C17H18F2N4O3/c18-13-3-1-2-12(16(13)19)10-21-6-8-22(9-7-21)15(24)11-23-14(17(25)26)4-5-20-23/h1-5H,6-11H2,(H,25,26). The van der Waals surface area contributed by atoms with Gasteiger partial charge in [0.15, 0.2) is 11.6 Å². The van der Waals surface area contributed by atoms with Gasteiger partial charge in [-0.3, -0.25) is 9.69 Å². The minimum Gasteiger partial charge on any atom is -0.477 e. The number of carboxylic acid groups (broad SMARTS) is 1. The SMILES string of the molecule is O=C(O)c1ccnn1CC(=O)N1CCN(Cc2cccc(F)c2F)CC1. The minimum absolute atomic E-state index is 0.0430. The first-order valence-corrected chi connectivity index (χ1v) is 8.14. The van der Waals surface area contributed by atoms with Crippen molar-refractivity contribution in [2.45, 2.75) is 13.1 Å². The third-order valence-corrected chi connectivity index (χ3v) is 4.37. The number of piperazine rings is 1. The normalized spacial score (nSPS) is 15.2. The Morgan fingerprint density at radius 3 is 2.54 bits per heavy atom. The van der Waals surface area contributed by atoms with E-state index in [1.165, 1.54) is 18.3 Å². The van der Waals surface area contributed by atoms with Crippen LogP contribution in [0.4, 0.5) is 8.78 Å². The molecule has 1 amide bonds. The number of aromatic carboxylic acids is 1. The predicted molar refractivity (Wildman–Crippen MR) is 87.4 cm³/mol. The van der Waals surface area contributed by atoms with Gasteiger partial charge in [-0.25, -0.2) is 18.3 Å². The minimum atomic E-state index is -1.14. The van der Waals surface area contributed by atoms with Crippen LogP contribution in [0.1, 0.15) is 16.1 Å². The number of carbonyl (C=O) groups is 2. The van der Waals surface area contributed by atoms with Crippen LogP contribution in [0.3, 0.4) is 0 Å². The van der Waals surface area contributed by atoms with Gasteiger partial charge in [-0.15, -0.1) is 0 Å². The van der Waals surface area contributed by atoms with E-state index in [9.17, 15) is 18.4 Å². The Morgan fingerprint density at radius 2 is 1.85 bits per heavy atom. The van der Waals surface area contributed by atoms with Crippen LogP contribution in [0.5, 0.6) is 0 Å². The van der Waals surface area contributed by atoms with Gasteiger partial charge < -0.3 is 10.0 Å². The van der Waals surface area contributed by atoms with E-state index in [2.05, 4.69) is 5.10 Å². The van der Waals surface area contributed by atoms with E-state index in [4.69, 9.17) is 5.11 Å². The quantitative estimate of drug-likeness (QED) is 0.863. The predicted octanol–water partition coefficient (Wildman–Crippen LogP) is 1.20. The summed E-state index contributed by atoms with van der Waals surface area (Å²) in [5.74, 6) is -3.08. The molecule has 0 bridgehead atoms. The summed E-state index contributed by atoms with van der Waals surface area (Å²) in [5, 5.41) is 12.9. The second-order valence-corrected chi connectivity index (χ2v) is 6.05. The van der Waals surface area contributed by atoms with E-state index in [0.29, 0.717) is 26.2 Å². The summed E-state index contributed by atoms with van der Waals surface area (Å²) in [6, 6.07) is 5.43. The van der Waals surface area contributed by atoms with Crippen LogP contribution in [-0.2, 0) is 17.9 Å². The Labute approximate surface area is 148 Å².